The second-order valence-corrected chi connectivity index (χ2v) is 9.48. The van der Waals surface area contributed by atoms with Crippen molar-refractivity contribution in [2.75, 3.05) is 11.9 Å². The number of nitrogens with zero attached hydrogens (tertiary/aromatic N) is 3. The van der Waals surface area contributed by atoms with Crippen LogP contribution in [0.15, 0.2) is 54.6 Å². The summed E-state index contributed by atoms with van der Waals surface area (Å²) in [6.45, 7) is 12.3. The maximum Gasteiger partial charge on any atom is 0.263 e. The second kappa shape index (κ2) is 8.70. The molecule has 0 fully saturated rings. The number of para-hydroxylation sites is 1. The summed E-state index contributed by atoms with van der Waals surface area (Å²) >= 11 is 0. The number of nitrogens with one attached hydrogen (secondary N) is 1. The third-order valence-electron chi connectivity index (χ3n) is 5.53. The van der Waals surface area contributed by atoms with E-state index in [-0.39, 0.29) is 17.9 Å². The van der Waals surface area contributed by atoms with Crippen LogP contribution in [0.4, 0.5) is 5.82 Å². The van der Waals surface area contributed by atoms with Crippen LogP contribution in [-0.4, -0.2) is 27.3 Å². The average molecular weight is 443 g/mol. The molecule has 0 radical (unpaired) electrons. The summed E-state index contributed by atoms with van der Waals surface area (Å²) in [6.07, 6.45) is 0. The minimum absolute atomic E-state index is 0.0901. The highest BCUT2D eigenvalue weighted by molar-refractivity contribution is 5.91. The SMILES string of the molecule is Cc1ccc(OCC(=O)Nc2cc(C)nn2-c2cc(C)c3ccccc3n2)c(C(C)(C)C)c1. The molecule has 33 heavy (non-hydrogen) atoms. The van der Waals surface area contributed by atoms with Gasteiger partial charge >= 0.3 is 0 Å². The van der Waals surface area contributed by atoms with Gasteiger partial charge in [0.05, 0.1) is 11.2 Å². The van der Waals surface area contributed by atoms with Crippen LogP contribution in [0.1, 0.15) is 43.2 Å². The van der Waals surface area contributed by atoms with Gasteiger partial charge in [0.25, 0.3) is 5.91 Å². The normalized spacial score (nSPS) is 11.6. The van der Waals surface area contributed by atoms with E-state index < -0.39 is 0 Å². The number of amides is 1. The van der Waals surface area contributed by atoms with Gasteiger partial charge in [-0.2, -0.15) is 9.78 Å². The van der Waals surface area contributed by atoms with E-state index in [4.69, 9.17) is 9.72 Å². The van der Waals surface area contributed by atoms with Crippen molar-refractivity contribution in [2.45, 2.75) is 47.0 Å². The van der Waals surface area contributed by atoms with Crippen LogP contribution in [0.25, 0.3) is 16.7 Å². The smallest absolute Gasteiger partial charge is 0.263 e. The number of pyridine rings is 1. The molecule has 2 heterocycles. The lowest BCUT2D eigenvalue weighted by Crippen LogP contribution is -2.23. The molecule has 0 spiro atoms. The molecule has 170 valence electrons. The van der Waals surface area contributed by atoms with Crippen LogP contribution in [-0.2, 0) is 10.2 Å². The predicted molar refractivity (Wildman–Crippen MR) is 132 cm³/mol. The monoisotopic (exact) mass is 442 g/mol. The van der Waals surface area contributed by atoms with Gasteiger partial charge in [0, 0.05) is 11.5 Å². The maximum absolute atomic E-state index is 12.8. The number of fused-ring (bicyclic) bond motifs is 1. The number of benzene rings is 2. The topological polar surface area (TPSA) is 69.0 Å². The average Bonchev–Trinajstić information content (AvgIpc) is 3.12. The van der Waals surface area contributed by atoms with Gasteiger partial charge in [-0.1, -0.05) is 56.7 Å². The van der Waals surface area contributed by atoms with E-state index in [9.17, 15) is 4.79 Å². The third kappa shape index (κ3) is 4.90. The lowest BCUT2D eigenvalue weighted by molar-refractivity contribution is -0.118. The summed E-state index contributed by atoms with van der Waals surface area (Å²) < 4.78 is 7.59. The first-order chi connectivity index (χ1) is 15.6. The van der Waals surface area contributed by atoms with Gasteiger partial charge in [-0.15, -0.1) is 0 Å². The Kier molecular flexibility index (Phi) is 5.93. The number of rotatable bonds is 5. The van der Waals surface area contributed by atoms with E-state index in [1.165, 1.54) is 0 Å². The zero-order valence-corrected chi connectivity index (χ0v) is 20.1. The number of ether oxygens (including phenoxy) is 1. The zero-order chi connectivity index (χ0) is 23.8. The molecule has 2 aromatic heterocycles. The maximum atomic E-state index is 12.8. The third-order valence-corrected chi connectivity index (χ3v) is 5.53. The number of carbonyl (C=O) groups is 1. The number of carbonyl (C=O) groups excluding carboxylic acids is 1. The van der Waals surface area contributed by atoms with Gasteiger partial charge in [0.1, 0.15) is 11.6 Å². The zero-order valence-electron chi connectivity index (χ0n) is 20.1. The van der Waals surface area contributed by atoms with Crippen molar-refractivity contribution in [1.82, 2.24) is 14.8 Å². The molecule has 0 unspecified atom stereocenters. The van der Waals surface area contributed by atoms with Crippen molar-refractivity contribution < 1.29 is 9.53 Å². The van der Waals surface area contributed by atoms with E-state index in [1.807, 2.05) is 62.4 Å². The van der Waals surface area contributed by atoms with Crippen molar-refractivity contribution in [3.63, 3.8) is 0 Å². The fraction of sp³-hybridized carbons (Fsp3) is 0.296. The Morgan fingerprint density at radius 1 is 1.03 bits per heavy atom. The van der Waals surface area contributed by atoms with Gasteiger partial charge in [-0.05, 0) is 55.5 Å². The number of aromatic nitrogens is 3. The molecule has 0 bridgehead atoms. The summed E-state index contributed by atoms with van der Waals surface area (Å²) in [4.78, 5) is 17.5. The first-order valence-electron chi connectivity index (χ1n) is 11.1. The van der Waals surface area contributed by atoms with Crippen molar-refractivity contribution in [2.24, 2.45) is 0 Å². The molecule has 6 heteroatoms. The van der Waals surface area contributed by atoms with E-state index in [0.29, 0.717) is 11.6 Å². The second-order valence-electron chi connectivity index (χ2n) is 9.48. The van der Waals surface area contributed by atoms with Gasteiger partial charge in [0.2, 0.25) is 0 Å². The molecule has 0 saturated carbocycles. The molecule has 4 aromatic rings. The molecule has 2 aromatic carbocycles. The summed E-state index contributed by atoms with van der Waals surface area (Å²) in [5.41, 5.74) is 4.91. The minimum atomic E-state index is -0.255. The van der Waals surface area contributed by atoms with Crippen LogP contribution < -0.4 is 10.1 Å². The van der Waals surface area contributed by atoms with Crippen molar-refractivity contribution >= 4 is 22.6 Å². The summed E-state index contributed by atoms with van der Waals surface area (Å²) in [5, 5.41) is 8.58. The fourth-order valence-corrected chi connectivity index (χ4v) is 3.88. The van der Waals surface area contributed by atoms with Gasteiger partial charge in [-0.25, -0.2) is 4.98 Å². The van der Waals surface area contributed by atoms with Crippen LogP contribution in [0.5, 0.6) is 5.75 Å². The quantitative estimate of drug-likeness (QED) is 0.433. The highest BCUT2D eigenvalue weighted by atomic mass is 16.5. The molecule has 0 aliphatic heterocycles. The van der Waals surface area contributed by atoms with Crippen molar-refractivity contribution in [1.29, 1.82) is 0 Å². The lowest BCUT2D eigenvalue weighted by atomic mass is 9.85. The molecule has 4 rings (SSSR count). The fourth-order valence-electron chi connectivity index (χ4n) is 3.88. The van der Waals surface area contributed by atoms with Crippen molar-refractivity contribution in [3.05, 3.63) is 77.0 Å². The van der Waals surface area contributed by atoms with E-state index >= 15 is 0 Å². The first-order valence-corrected chi connectivity index (χ1v) is 11.1. The Morgan fingerprint density at radius 2 is 1.79 bits per heavy atom. The van der Waals surface area contributed by atoms with Crippen molar-refractivity contribution in [3.8, 4) is 11.6 Å². The summed E-state index contributed by atoms with van der Waals surface area (Å²) in [5.74, 6) is 1.68. The largest absolute Gasteiger partial charge is 0.483 e. The molecule has 0 aliphatic rings. The first kappa shape index (κ1) is 22.5. The predicted octanol–water partition coefficient (Wildman–Crippen LogP) is 5.66. The van der Waals surface area contributed by atoms with E-state index in [2.05, 4.69) is 44.2 Å². The molecular weight excluding hydrogens is 412 g/mol. The van der Waals surface area contributed by atoms with E-state index in [1.54, 1.807) is 4.68 Å². The molecule has 1 amide bonds. The number of aryl methyl sites for hydroxylation is 3. The number of anilines is 1. The Hall–Kier alpha value is -3.67. The Labute approximate surface area is 194 Å². The van der Waals surface area contributed by atoms with Gasteiger partial charge in [-0.3, -0.25) is 4.79 Å². The summed E-state index contributed by atoms with van der Waals surface area (Å²) in [6, 6.07) is 17.8. The molecule has 1 N–H and O–H groups in total. The molecule has 0 saturated heterocycles. The van der Waals surface area contributed by atoms with Crippen LogP contribution in [0, 0.1) is 20.8 Å². The lowest BCUT2D eigenvalue weighted by Gasteiger charge is -2.23. The van der Waals surface area contributed by atoms with E-state index in [0.717, 1.165) is 39.0 Å². The Bertz CT molecular complexity index is 1330. The standard InChI is InChI=1S/C27H30N4O2/c1-17-11-12-23(21(13-17)27(4,5)6)33-16-26(32)29-25-15-19(3)30-31(25)24-14-18(2)20-9-7-8-10-22(20)28-24/h7-15H,16H2,1-6H3,(H,29,32). The highest BCUT2D eigenvalue weighted by Crippen LogP contribution is 2.32. The van der Waals surface area contributed by atoms with Crippen LogP contribution >= 0.6 is 0 Å². The minimum Gasteiger partial charge on any atom is -0.483 e. The van der Waals surface area contributed by atoms with Gasteiger partial charge < -0.3 is 10.1 Å². The Balaban J connectivity index is 1.55. The molecular formula is C27H30N4O2. The summed E-state index contributed by atoms with van der Waals surface area (Å²) in [7, 11) is 0. The molecule has 0 aliphatic carbocycles. The molecule has 6 nitrogen and oxygen atoms in total. The van der Waals surface area contributed by atoms with Crippen LogP contribution in [0.2, 0.25) is 0 Å². The number of hydrogen-bond acceptors (Lipinski definition) is 4. The Morgan fingerprint density at radius 3 is 2.55 bits per heavy atom. The highest BCUT2D eigenvalue weighted by Gasteiger charge is 2.20. The number of hydrogen-bond donors (Lipinski definition) is 1. The van der Waals surface area contributed by atoms with Crippen LogP contribution in [0.3, 0.4) is 0 Å². The molecule has 0 atom stereocenters. The van der Waals surface area contributed by atoms with Gasteiger partial charge in [0.15, 0.2) is 12.4 Å².